The van der Waals surface area contributed by atoms with E-state index < -0.39 is 11.1 Å². The molecule has 0 saturated carbocycles. The van der Waals surface area contributed by atoms with Crippen molar-refractivity contribution in [2.45, 2.75) is 11.3 Å². The fourth-order valence-electron chi connectivity index (χ4n) is 2.22. The molecule has 0 spiro atoms. The van der Waals surface area contributed by atoms with Gasteiger partial charge in [-0.2, -0.15) is 5.10 Å². The van der Waals surface area contributed by atoms with Gasteiger partial charge in [-0.1, -0.05) is 23.7 Å². The summed E-state index contributed by atoms with van der Waals surface area (Å²) in [5.74, 6) is 0. The monoisotopic (exact) mass is 320 g/mol. The number of hydrazone groups is 1. The molecule has 6 heteroatoms. The number of rotatable bonds is 3. The molecule has 0 aliphatic carbocycles. The van der Waals surface area contributed by atoms with Crippen LogP contribution in [0.1, 0.15) is 12.0 Å². The van der Waals surface area contributed by atoms with E-state index in [4.69, 9.17) is 16.2 Å². The third-order valence-electron chi connectivity index (χ3n) is 3.32. The number of hydrogen-bond acceptors (Lipinski definition) is 3. The minimum atomic E-state index is -1.94. The van der Waals surface area contributed by atoms with Crippen LogP contribution in [0.15, 0.2) is 58.5 Å². The molecule has 1 unspecified atom stereocenters. The van der Waals surface area contributed by atoms with Crippen molar-refractivity contribution in [2.24, 2.45) is 5.10 Å². The maximum absolute atomic E-state index is 11.0. The van der Waals surface area contributed by atoms with E-state index in [1.165, 1.54) is 0 Å². The Morgan fingerprint density at radius 1 is 1.10 bits per heavy atom. The first kappa shape index (κ1) is 14.3. The average molecular weight is 321 g/mol. The Kier molecular flexibility index (Phi) is 4.05. The van der Waals surface area contributed by atoms with Gasteiger partial charge in [-0.3, -0.25) is 5.01 Å². The summed E-state index contributed by atoms with van der Waals surface area (Å²) in [5.41, 5.74) is 2.99. The minimum absolute atomic E-state index is 0.389. The maximum Gasteiger partial charge on any atom is 0.186 e. The highest BCUT2D eigenvalue weighted by atomic mass is 35.5. The summed E-state index contributed by atoms with van der Waals surface area (Å²) >= 11 is 3.94. The molecule has 21 heavy (non-hydrogen) atoms. The Hall–Kier alpha value is -1.69. The summed E-state index contributed by atoms with van der Waals surface area (Å²) in [5, 5.41) is 7.21. The Bertz CT molecular complexity index is 699. The van der Waals surface area contributed by atoms with E-state index in [9.17, 15) is 4.21 Å². The van der Waals surface area contributed by atoms with Crippen LogP contribution in [0.25, 0.3) is 0 Å². The van der Waals surface area contributed by atoms with Crippen LogP contribution in [0.5, 0.6) is 0 Å². The lowest BCUT2D eigenvalue weighted by Gasteiger charge is -2.13. The van der Waals surface area contributed by atoms with Gasteiger partial charge in [-0.05, 0) is 42.0 Å². The Morgan fingerprint density at radius 3 is 2.38 bits per heavy atom. The van der Waals surface area contributed by atoms with Gasteiger partial charge in [0.2, 0.25) is 0 Å². The lowest BCUT2D eigenvalue weighted by atomic mass is 10.1. The Labute approximate surface area is 130 Å². The molecule has 0 amide bonds. The number of benzene rings is 2. The van der Waals surface area contributed by atoms with Crippen LogP contribution in [0.3, 0.4) is 0 Å². The van der Waals surface area contributed by atoms with Crippen molar-refractivity contribution in [2.75, 3.05) is 11.6 Å². The van der Waals surface area contributed by atoms with E-state index in [-0.39, 0.29) is 0 Å². The van der Waals surface area contributed by atoms with Crippen molar-refractivity contribution in [3.63, 3.8) is 0 Å². The zero-order valence-corrected chi connectivity index (χ0v) is 12.6. The molecule has 1 N–H and O–H groups in total. The van der Waals surface area contributed by atoms with Crippen molar-refractivity contribution < 1.29 is 8.76 Å². The molecule has 2 aromatic rings. The van der Waals surface area contributed by atoms with Crippen molar-refractivity contribution in [1.29, 1.82) is 0 Å². The summed E-state index contributed by atoms with van der Waals surface area (Å²) in [4.78, 5) is 0.389. The average Bonchev–Trinajstić information content (AvgIpc) is 2.98. The van der Waals surface area contributed by atoms with E-state index in [2.05, 4.69) is 5.10 Å². The summed E-state index contributed by atoms with van der Waals surface area (Å²) < 4.78 is 20.0. The molecule has 1 aliphatic heterocycles. The summed E-state index contributed by atoms with van der Waals surface area (Å²) in [7, 11) is 0. The Morgan fingerprint density at radius 2 is 1.76 bits per heavy atom. The van der Waals surface area contributed by atoms with E-state index in [0.717, 1.165) is 29.9 Å². The molecule has 0 fully saturated rings. The van der Waals surface area contributed by atoms with Crippen molar-refractivity contribution in [3.05, 3.63) is 59.1 Å². The standard InChI is InChI=1S/C15H13ClN2O2S/c16-12-3-1-11(2-4-12)15-9-10-18(17-15)13-5-7-14(8-6-13)21(19)20/h1-8H,9-10H2,(H,19,20). The molecule has 3 rings (SSSR count). The van der Waals surface area contributed by atoms with Gasteiger partial charge in [0.05, 0.1) is 16.3 Å². The van der Waals surface area contributed by atoms with E-state index in [1.54, 1.807) is 24.3 Å². The minimum Gasteiger partial charge on any atom is -0.302 e. The smallest absolute Gasteiger partial charge is 0.186 e. The third-order valence-corrected chi connectivity index (χ3v) is 4.24. The third kappa shape index (κ3) is 3.15. The predicted octanol–water partition coefficient (Wildman–Crippen LogP) is 3.54. The lowest BCUT2D eigenvalue weighted by molar-refractivity contribution is 0.564. The second-order valence-electron chi connectivity index (χ2n) is 4.67. The van der Waals surface area contributed by atoms with Crippen molar-refractivity contribution in [1.82, 2.24) is 0 Å². The number of nitrogens with zero attached hydrogens (tertiary/aromatic N) is 2. The fourth-order valence-corrected chi connectivity index (χ4v) is 2.72. The molecule has 4 nitrogen and oxygen atoms in total. The van der Waals surface area contributed by atoms with Gasteiger partial charge >= 0.3 is 0 Å². The summed E-state index contributed by atoms with van der Waals surface area (Å²) in [6, 6.07) is 14.5. The van der Waals surface area contributed by atoms with Crippen LogP contribution >= 0.6 is 11.6 Å². The first-order chi connectivity index (χ1) is 10.1. The quantitative estimate of drug-likeness (QED) is 0.880. The molecule has 0 bridgehead atoms. The predicted molar refractivity (Wildman–Crippen MR) is 85.4 cm³/mol. The molecule has 1 atom stereocenters. The number of hydrogen-bond donors (Lipinski definition) is 1. The van der Waals surface area contributed by atoms with Gasteiger partial charge in [0.1, 0.15) is 0 Å². The van der Waals surface area contributed by atoms with Crippen LogP contribution in [0, 0.1) is 0 Å². The maximum atomic E-state index is 11.0. The second-order valence-corrected chi connectivity index (χ2v) is 6.08. The second kappa shape index (κ2) is 5.97. The van der Waals surface area contributed by atoms with Gasteiger partial charge < -0.3 is 4.55 Å². The summed E-state index contributed by atoms with van der Waals surface area (Å²) in [6.07, 6.45) is 0.856. The van der Waals surface area contributed by atoms with Gasteiger partial charge in [0.15, 0.2) is 11.1 Å². The molecule has 1 aliphatic rings. The highest BCUT2D eigenvalue weighted by Crippen LogP contribution is 2.23. The van der Waals surface area contributed by atoms with Gasteiger partial charge in [-0.25, -0.2) is 4.21 Å². The summed E-state index contributed by atoms with van der Waals surface area (Å²) in [6.45, 7) is 0.791. The Balaban J connectivity index is 1.81. The van der Waals surface area contributed by atoms with Gasteiger partial charge in [0.25, 0.3) is 0 Å². The largest absolute Gasteiger partial charge is 0.302 e. The molecule has 0 aromatic heterocycles. The van der Waals surface area contributed by atoms with Crippen LogP contribution in [0.4, 0.5) is 5.69 Å². The highest BCUT2D eigenvalue weighted by Gasteiger charge is 2.17. The number of anilines is 1. The zero-order chi connectivity index (χ0) is 14.8. The van der Waals surface area contributed by atoms with Crippen molar-refractivity contribution >= 4 is 34.1 Å². The van der Waals surface area contributed by atoms with E-state index >= 15 is 0 Å². The van der Waals surface area contributed by atoms with Crippen molar-refractivity contribution in [3.8, 4) is 0 Å². The fraction of sp³-hybridized carbons (Fsp3) is 0.133. The molecular formula is C15H13ClN2O2S. The molecule has 2 aromatic carbocycles. The van der Waals surface area contributed by atoms with E-state index in [0.29, 0.717) is 9.92 Å². The SMILES string of the molecule is O=S(O)c1ccc(N2CCC(c3ccc(Cl)cc3)=N2)cc1. The normalized spacial score (nSPS) is 15.9. The molecule has 1 heterocycles. The number of halogens is 1. The molecule has 108 valence electrons. The molecule has 0 saturated heterocycles. The van der Waals surface area contributed by atoms with E-state index in [1.807, 2.05) is 29.3 Å². The van der Waals surface area contributed by atoms with Crippen LogP contribution in [-0.2, 0) is 11.1 Å². The van der Waals surface area contributed by atoms with Crippen LogP contribution < -0.4 is 5.01 Å². The first-order valence-electron chi connectivity index (χ1n) is 6.45. The first-order valence-corrected chi connectivity index (χ1v) is 7.94. The molecular weight excluding hydrogens is 308 g/mol. The van der Waals surface area contributed by atoms with Gasteiger partial charge in [-0.15, -0.1) is 0 Å². The van der Waals surface area contributed by atoms with Crippen LogP contribution in [-0.4, -0.2) is 21.0 Å². The molecule has 0 radical (unpaired) electrons. The van der Waals surface area contributed by atoms with Gasteiger partial charge in [0, 0.05) is 18.0 Å². The van der Waals surface area contributed by atoms with Crippen LogP contribution in [0.2, 0.25) is 5.02 Å². The zero-order valence-electron chi connectivity index (χ0n) is 11.1. The highest BCUT2D eigenvalue weighted by molar-refractivity contribution is 7.79. The lowest BCUT2D eigenvalue weighted by Crippen LogP contribution is -2.11. The topological polar surface area (TPSA) is 52.9 Å².